The maximum absolute atomic E-state index is 11.7. The normalized spacial score (nSPS) is 10.6. The molecule has 0 radical (unpaired) electrons. The summed E-state index contributed by atoms with van der Waals surface area (Å²) in [5, 5.41) is 7.52. The van der Waals surface area contributed by atoms with Crippen LogP contribution < -0.4 is 10.7 Å². The fourth-order valence-corrected chi connectivity index (χ4v) is 2.39. The predicted octanol–water partition coefficient (Wildman–Crippen LogP) is 3.66. The van der Waals surface area contributed by atoms with Crippen LogP contribution in [0, 0.1) is 0 Å². The minimum absolute atomic E-state index is 0.117. The Hall–Kier alpha value is -1.85. The van der Waals surface area contributed by atoms with Gasteiger partial charge in [-0.15, -0.1) is 0 Å². The summed E-state index contributed by atoms with van der Waals surface area (Å²) >= 11 is 9.22. The molecule has 0 atom stereocenters. The number of halogens is 2. The molecule has 2 aromatic carbocycles. The molecule has 2 N–H and O–H groups in total. The van der Waals surface area contributed by atoms with Crippen molar-refractivity contribution in [1.82, 2.24) is 5.43 Å². The third-order valence-corrected chi connectivity index (χ3v) is 3.46. The maximum Gasteiger partial charge on any atom is 0.259 e. The first-order valence-corrected chi connectivity index (χ1v) is 7.38. The third kappa shape index (κ3) is 5.21. The lowest BCUT2D eigenvalue weighted by atomic mass is 10.2. The van der Waals surface area contributed by atoms with E-state index in [9.17, 15) is 4.79 Å². The second-order valence-corrected chi connectivity index (χ2v) is 5.47. The van der Waals surface area contributed by atoms with Gasteiger partial charge in [0.05, 0.1) is 12.8 Å². The number of anilines is 1. The van der Waals surface area contributed by atoms with Gasteiger partial charge in [-0.05, 0) is 39.7 Å². The molecule has 0 aliphatic rings. The van der Waals surface area contributed by atoms with Crippen molar-refractivity contribution in [3.63, 3.8) is 0 Å². The molecule has 0 saturated heterocycles. The van der Waals surface area contributed by atoms with Crippen LogP contribution in [-0.2, 0) is 4.79 Å². The molecule has 21 heavy (non-hydrogen) atoms. The monoisotopic (exact) mass is 365 g/mol. The van der Waals surface area contributed by atoms with Gasteiger partial charge in [0.25, 0.3) is 5.91 Å². The van der Waals surface area contributed by atoms with E-state index in [1.165, 1.54) is 0 Å². The van der Waals surface area contributed by atoms with E-state index >= 15 is 0 Å². The van der Waals surface area contributed by atoms with Crippen molar-refractivity contribution < 1.29 is 4.79 Å². The molecule has 0 saturated carbocycles. The highest BCUT2D eigenvalue weighted by Crippen LogP contribution is 2.25. The molecule has 0 fully saturated rings. The van der Waals surface area contributed by atoms with Crippen LogP contribution in [0.15, 0.2) is 58.1 Å². The molecule has 6 heteroatoms. The van der Waals surface area contributed by atoms with Crippen LogP contribution in [0.25, 0.3) is 0 Å². The molecule has 0 bridgehead atoms. The first-order valence-electron chi connectivity index (χ1n) is 6.21. The lowest BCUT2D eigenvalue weighted by Crippen LogP contribution is -2.25. The minimum Gasteiger partial charge on any atom is -0.375 e. The van der Waals surface area contributed by atoms with E-state index in [1.54, 1.807) is 24.4 Å². The molecule has 1 amide bonds. The number of nitrogens with one attached hydrogen (secondary N) is 2. The summed E-state index contributed by atoms with van der Waals surface area (Å²) in [6.07, 6.45) is 1.59. The molecule has 0 spiro atoms. The van der Waals surface area contributed by atoms with Crippen LogP contribution in [0.1, 0.15) is 5.56 Å². The number of rotatable bonds is 5. The lowest BCUT2D eigenvalue weighted by molar-refractivity contribution is -0.119. The molecule has 0 aliphatic heterocycles. The Bertz CT molecular complexity index is 647. The highest BCUT2D eigenvalue weighted by atomic mass is 79.9. The van der Waals surface area contributed by atoms with E-state index in [1.807, 2.05) is 30.3 Å². The molecule has 0 heterocycles. The molecular weight excluding hydrogens is 354 g/mol. The quantitative estimate of drug-likeness (QED) is 0.627. The van der Waals surface area contributed by atoms with Crippen molar-refractivity contribution >= 4 is 45.3 Å². The number of nitrogens with zero attached hydrogens (tertiary/aromatic N) is 1. The van der Waals surface area contributed by atoms with Crippen LogP contribution >= 0.6 is 27.5 Å². The number of hydrazone groups is 1. The van der Waals surface area contributed by atoms with Crippen LogP contribution in [-0.4, -0.2) is 18.7 Å². The zero-order valence-electron chi connectivity index (χ0n) is 11.0. The van der Waals surface area contributed by atoms with Gasteiger partial charge >= 0.3 is 0 Å². The first-order chi connectivity index (χ1) is 10.1. The SMILES string of the molecule is O=C(CNc1ccc(Cl)cc1Br)N/N=C/c1ccccc1. The summed E-state index contributed by atoms with van der Waals surface area (Å²) < 4.78 is 0.801. The second-order valence-electron chi connectivity index (χ2n) is 4.18. The number of carbonyl (C=O) groups excluding carboxylic acids is 1. The Morgan fingerprint density at radius 2 is 2.00 bits per heavy atom. The van der Waals surface area contributed by atoms with E-state index < -0.39 is 0 Å². The average Bonchev–Trinajstić information content (AvgIpc) is 2.47. The Morgan fingerprint density at radius 3 is 2.71 bits per heavy atom. The zero-order valence-corrected chi connectivity index (χ0v) is 13.4. The van der Waals surface area contributed by atoms with Crippen molar-refractivity contribution in [3.05, 3.63) is 63.6 Å². The van der Waals surface area contributed by atoms with Gasteiger partial charge in [-0.3, -0.25) is 4.79 Å². The van der Waals surface area contributed by atoms with Crippen molar-refractivity contribution in [1.29, 1.82) is 0 Å². The van der Waals surface area contributed by atoms with Crippen LogP contribution in [0.2, 0.25) is 5.02 Å². The van der Waals surface area contributed by atoms with Gasteiger partial charge in [0, 0.05) is 15.2 Å². The number of benzene rings is 2. The van der Waals surface area contributed by atoms with Crippen molar-refractivity contribution in [2.24, 2.45) is 5.10 Å². The summed E-state index contributed by atoms with van der Waals surface area (Å²) in [6.45, 7) is 0.117. The van der Waals surface area contributed by atoms with E-state index in [-0.39, 0.29) is 12.5 Å². The Balaban J connectivity index is 1.81. The summed E-state index contributed by atoms with van der Waals surface area (Å²) in [6, 6.07) is 14.8. The summed E-state index contributed by atoms with van der Waals surface area (Å²) in [7, 11) is 0. The molecular formula is C15H13BrClN3O. The van der Waals surface area contributed by atoms with Crippen LogP contribution in [0.3, 0.4) is 0 Å². The van der Waals surface area contributed by atoms with E-state index in [0.29, 0.717) is 5.02 Å². The van der Waals surface area contributed by atoms with Crippen LogP contribution in [0.4, 0.5) is 5.69 Å². The molecule has 2 aromatic rings. The molecule has 0 aromatic heterocycles. The smallest absolute Gasteiger partial charge is 0.259 e. The largest absolute Gasteiger partial charge is 0.375 e. The fourth-order valence-electron chi connectivity index (χ4n) is 1.57. The zero-order chi connectivity index (χ0) is 15.1. The predicted molar refractivity (Wildman–Crippen MR) is 89.8 cm³/mol. The highest BCUT2D eigenvalue weighted by Gasteiger charge is 2.03. The van der Waals surface area contributed by atoms with Gasteiger partial charge in [-0.2, -0.15) is 5.10 Å². The molecule has 2 rings (SSSR count). The van der Waals surface area contributed by atoms with Gasteiger partial charge in [0.15, 0.2) is 0 Å². The summed E-state index contributed by atoms with van der Waals surface area (Å²) in [5.41, 5.74) is 4.17. The molecule has 0 unspecified atom stereocenters. The average molecular weight is 367 g/mol. The second kappa shape index (κ2) is 7.81. The third-order valence-electron chi connectivity index (χ3n) is 2.57. The maximum atomic E-state index is 11.7. The van der Waals surface area contributed by atoms with Gasteiger partial charge < -0.3 is 5.32 Å². The van der Waals surface area contributed by atoms with E-state index in [4.69, 9.17) is 11.6 Å². The number of hydrogen-bond acceptors (Lipinski definition) is 3. The first kappa shape index (κ1) is 15.5. The summed E-state index contributed by atoms with van der Waals surface area (Å²) in [4.78, 5) is 11.7. The van der Waals surface area contributed by atoms with Crippen molar-refractivity contribution in [2.75, 3.05) is 11.9 Å². The Morgan fingerprint density at radius 1 is 1.24 bits per heavy atom. The number of hydrogen-bond donors (Lipinski definition) is 2. The lowest BCUT2D eigenvalue weighted by Gasteiger charge is -2.07. The van der Waals surface area contributed by atoms with Gasteiger partial charge in [0.1, 0.15) is 0 Å². The van der Waals surface area contributed by atoms with Crippen molar-refractivity contribution in [3.8, 4) is 0 Å². The summed E-state index contributed by atoms with van der Waals surface area (Å²) in [5.74, 6) is -0.232. The highest BCUT2D eigenvalue weighted by molar-refractivity contribution is 9.10. The topological polar surface area (TPSA) is 53.5 Å². The Labute approximate surface area is 136 Å². The molecule has 4 nitrogen and oxygen atoms in total. The van der Waals surface area contributed by atoms with E-state index in [0.717, 1.165) is 15.7 Å². The fraction of sp³-hybridized carbons (Fsp3) is 0.0667. The number of carbonyl (C=O) groups is 1. The van der Waals surface area contributed by atoms with Crippen molar-refractivity contribution in [2.45, 2.75) is 0 Å². The number of amides is 1. The Kier molecular flexibility index (Phi) is 5.78. The van der Waals surface area contributed by atoms with E-state index in [2.05, 4.69) is 31.8 Å². The van der Waals surface area contributed by atoms with Crippen LogP contribution in [0.5, 0.6) is 0 Å². The van der Waals surface area contributed by atoms with Gasteiger partial charge in [-0.25, -0.2) is 5.43 Å². The minimum atomic E-state index is -0.232. The molecule has 108 valence electrons. The molecule has 0 aliphatic carbocycles. The standard InChI is InChI=1S/C15H13BrClN3O/c16-13-8-12(17)6-7-14(13)18-10-15(21)20-19-9-11-4-2-1-3-5-11/h1-9,18H,10H2,(H,20,21)/b19-9+. The van der Waals surface area contributed by atoms with Gasteiger partial charge in [0.2, 0.25) is 0 Å². The van der Waals surface area contributed by atoms with Gasteiger partial charge in [-0.1, -0.05) is 41.9 Å².